The molecule has 0 bridgehead atoms. The molecule has 0 saturated carbocycles. The average Bonchev–Trinajstić information content (AvgIpc) is 2.66. The Kier molecular flexibility index (Phi) is 6.74. The molecule has 0 atom stereocenters. The zero-order valence-corrected chi connectivity index (χ0v) is 15.3. The molecule has 5 nitrogen and oxygen atoms in total. The fraction of sp³-hybridized carbons (Fsp3) is 0.250. The van der Waals surface area contributed by atoms with Crippen molar-refractivity contribution in [3.8, 4) is 11.5 Å². The third kappa shape index (κ3) is 4.61. The highest BCUT2D eigenvalue weighted by atomic mass is 19.1. The number of ether oxygens (including phenoxy) is 2. The number of hydroxylamine groups is 2. The number of nitrogens with zero attached hydrogens (tertiary/aromatic N) is 1. The number of hydrogen-bond acceptors (Lipinski definition) is 4. The number of rotatable bonds is 7. The van der Waals surface area contributed by atoms with Crippen LogP contribution < -0.4 is 9.47 Å². The molecule has 0 saturated heterocycles. The molecule has 26 heavy (non-hydrogen) atoms. The highest BCUT2D eigenvalue weighted by molar-refractivity contribution is 5.98. The maximum Gasteiger partial charge on any atom is 0.270 e. The van der Waals surface area contributed by atoms with E-state index in [2.05, 4.69) is 0 Å². The number of carbonyl (C=O) groups excluding carboxylic acids is 1. The first kappa shape index (κ1) is 19.5. The lowest BCUT2D eigenvalue weighted by molar-refractivity contribution is -0.162. The van der Waals surface area contributed by atoms with Crippen molar-refractivity contribution in [3.05, 3.63) is 65.5 Å². The monoisotopic (exact) mass is 359 g/mol. The fourth-order valence-electron chi connectivity index (χ4n) is 2.38. The van der Waals surface area contributed by atoms with Crippen LogP contribution in [0.2, 0.25) is 0 Å². The quantitative estimate of drug-likeness (QED) is 0.559. The Morgan fingerprint density at radius 1 is 1.08 bits per heavy atom. The molecule has 0 N–H and O–H groups in total. The molecule has 1 amide bonds. The Bertz CT molecular complexity index is 787. The summed E-state index contributed by atoms with van der Waals surface area (Å²) >= 11 is 0. The molecule has 0 unspecified atom stereocenters. The smallest absolute Gasteiger partial charge is 0.270 e. The van der Waals surface area contributed by atoms with Gasteiger partial charge in [-0.05, 0) is 47.9 Å². The van der Waals surface area contributed by atoms with E-state index in [0.29, 0.717) is 29.2 Å². The van der Waals surface area contributed by atoms with Crippen molar-refractivity contribution in [2.24, 2.45) is 0 Å². The molecule has 2 rings (SSSR count). The highest BCUT2D eigenvalue weighted by Crippen LogP contribution is 2.33. The number of likely N-dealkylation sites (N-methyl/N-ethyl adjacent to an activating group) is 1. The Morgan fingerprint density at radius 3 is 2.31 bits per heavy atom. The Balaban J connectivity index is 2.55. The lowest BCUT2D eigenvalue weighted by Gasteiger charge is -2.15. The normalized spacial score (nSPS) is 11.2. The largest absolute Gasteiger partial charge is 0.493 e. The number of benzene rings is 2. The summed E-state index contributed by atoms with van der Waals surface area (Å²) in [5.41, 5.74) is 2.03. The summed E-state index contributed by atoms with van der Waals surface area (Å²) in [6, 6.07) is 11.3. The Morgan fingerprint density at radius 2 is 1.73 bits per heavy atom. The summed E-state index contributed by atoms with van der Waals surface area (Å²) in [5, 5.41) is 1.11. The molecule has 0 heterocycles. The first-order chi connectivity index (χ1) is 12.5. The van der Waals surface area contributed by atoms with Crippen molar-refractivity contribution in [2.75, 3.05) is 27.9 Å². The van der Waals surface area contributed by atoms with Crippen LogP contribution in [0.5, 0.6) is 11.5 Å². The van der Waals surface area contributed by atoms with Crippen molar-refractivity contribution in [3.63, 3.8) is 0 Å². The lowest BCUT2D eigenvalue weighted by atomic mass is 9.97. The second kappa shape index (κ2) is 9.01. The molecule has 0 aliphatic heterocycles. The zero-order valence-electron chi connectivity index (χ0n) is 15.3. The van der Waals surface area contributed by atoms with Crippen LogP contribution in [0.15, 0.2) is 48.5 Å². The molecule has 2 aromatic rings. The summed E-state index contributed by atoms with van der Waals surface area (Å²) in [4.78, 5) is 17.3. The number of amides is 1. The molecule has 6 heteroatoms. The molecule has 0 aliphatic rings. The second-order valence-electron chi connectivity index (χ2n) is 5.38. The van der Waals surface area contributed by atoms with E-state index in [4.69, 9.17) is 14.3 Å². The van der Waals surface area contributed by atoms with Gasteiger partial charge in [-0.15, -0.1) is 0 Å². The number of hydrogen-bond donors (Lipinski definition) is 0. The minimum atomic E-state index is -0.349. The van der Waals surface area contributed by atoms with Gasteiger partial charge in [-0.1, -0.05) is 18.2 Å². The molecule has 0 aromatic heterocycles. The van der Waals surface area contributed by atoms with Crippen LogP contribution in [0, 0.1) is 5.82 Å². The molecule has 2 aromatic carbocycles. The predicted octanol–water partition coefficient (Wildman–Crippen LogP) is 3.68. The van der Waals surface area contributed by atoms with Crippen molar-refractivity contribution in [1.82, 2.24) is 5.06 Å². The predicted molar refractivity (Wildman–Crippen MR) is 97.4 cm³/mol. The first-order valence-corrected chi connectivity index (χ1v) is 8.10. The second-order valence-corrected chi connectivity index (χ2v) is 5.38. The standard InChI is InChI=1S/C20H22FNO4/c1-5-26-18-11-8-15(12-19(18)24-3)17(13-20(23)22(2)25-4)14-6-9-16(21)10-7-14/h6-13H,5H2,1-4H3/b17-13-. The average molecular weight is 359 g/mol. The van der Waals surface area contributed by atoms with Crippen LogP contribution in [0.1, 0.15) is 18.1 Å². The maximum absolute atomic E-state index is 13.3. The molecule has 0 radical (unpaired) electrons. The summed E-state index contributed by atoms with van der Waals surface area (Å²) in [5.74, 6) is 0.458. The molecule has 138 valence electrons. The van der Waals surface area contributed by atoms with Crippen LogP contribution >= 0.6 is 0 Å². The minimum absolute atomic E-state index is 0.348. The van der Waals surface area contributed by atoms with E-state index in [9.17, 15) is 9.18 Å². The van der Waals surface area contributed by atoms with Crippen LogP contribution in [0.25, 0.3) is 5.57 Å². The Labute approximate surface area is 152 Å². The van der Waals surface area contributed by atoms with Gasteiger partial charge in [0.15, 0.2) is 11.5 Å². The molecular formula is C20H22FNO4. The summed E-state index contributed by atoms with van der Waals surface area (Å²) < 4.78 is 24.2. The number of halogens is 1. The van der Waals surface area contributed by atoms with E-state index in [0.717, 1.165) is 10.6 Å². The van der Waals surface area contributed by atoms with Crippen LogP contribution in [-0.2, 0) is 9.63 Å². The van der Waals surface area contributed by atoms with Gasteiger partial charge in [0.1, 0.15) is 5.82 Å². The van der Waals surface area contributed by atoms with E-state index in [-0.39, 0.29) is 11.7 Å². The van der Waals surface area contributed by atoms with E-state index in [1.807, 2.05) is 13.0 Å². The Hall–Kier alpha value is -2.86. The first-order valence-electron chi connectivity index (χ1n) is 8.10. The summed E-state index contributed by atoms with van der Waals surface area (Å²) in [6.07, 6.45) is 1.44. The summed E-state index contributed by atoms with van der Waals surface area (Å²) in [6.45, 7) is 2.39. The van der Waals surface area contributed by atoms with Crippen molar-refractivity contribution in [1.29, 1.82) is 0 Å². The van der Waals surface area contributed by atoms with Gasteiger partial charge in [0.25, 0.3) is 5.91 Å². The van der Waals surface area contributed by atoms with Crippen molar-refractivity contribution in [2.45, 2.75) is 6.92 Å². The van der Waals surface area contributed by atoms with E-state index in [1.165, 1.54) is 32.4 Å². The molecule has 0 spiro atoms. The van der Waals surface area contributed by atoms with Gasteiger partial charge in [0.05, 0.1) is 20.8 Å². The lowest BCUT2D eigenvalue weighted by Crippen LogP contribution is -2.23. The zero-order chi connectivity index (χ0) is 19.1. The van der Waals surface area contributed by atoms with Crippen molar-refractivity contribution >= 4 is 11.5 Å². The van der Waals surface area contributed by atoms with Gasteiger partial charge >= 0.3 is 0 Å². The van der Waals surface area contributed by atoms with Gasteiger partial charge in [-0.2, -0.15) is 0 Å². The molecular weight excluding hydrogens is 337 g/mol. The van der Waals surface area contributed by atoms with Gasteiger partial charge in [-0.25, -0.2) is 9.45 Å². The minimum Gasteiger partial charge on any atom is -0.493 e. The van der Waals surface area contributed by atoms with Crippen LogP contribution in [-0.4, -0.2) is 38.8 Å². The number of carbonyl (C=O) groups is 1. The topological polar surface area (TPSA) is 48.0 Å². The number of methoxy groups -OCH3 is 1. The maximum atomic E-state index is 13.3. The van der Waals surface area contributed by atoms with E-state index < -0.39 is 0 Å². The fourth-order valence-corrected chi connectivity index (χ4v) is 2.38. The highest BCUT2D eigenvalue weighted by Gasteiger charge is 2.14. The molecule has 0 fully saturated rings. The third-order valence-corrected chi connectivity index (χ3v) is 3.78. The van der Waals surface area contributed by atoms with E-state index >= 15 is 0 Å². The van der Waals surface area contributed by atoms with Crippen LogP contribution in [0.4, 0.5) is 4.39 Å². The van der Waals surface area contributed by atoms with Crippen LogP contribution in [0.3, 0.4) is 0 Å². The third-order valence-electron chi connectivity index (χ3n) is 3.78. The van der Waals surface area contributed by atoms with E-state index in [1.54, 1.807) is 31.4 Å². The van der Waals surface area contributed by atoms with Gasteiger partial charge < -0.3 is 9.47 Å². The van der Waals surface area contributed by atoms with Gasteiger partial charge in [0.2, 0.25) is 0 Å². The SMILES string of the molecule is CCOc1ccc(/C(=C\C(=O)N(C)OC)c2ccc(F)cc2)cc1OC. The van der Waals surface area contributed by atoms with Crippen molar-refractivity contribution < 1.29 is 23.5 Å². The van der Waals surface area contributed by atoms with Gasteiger partial charge in [0, 0.05) is 13.1 Å². The molecule has 0 aliphatic carbocycles. The summed E-state index contributed by atoms with van der Waals surface area (Å²) in [7, 11) is 4.47. The van der Waals surface area contributed by atoms with Gasteiger partial charge in [-0.3, -0.25) is 9.63 Å².